The Morgan fingerprint density at radius 2 is 1.80 bits per heavy atom. The van der Waals surface area contributed by atoms with Crippen LogP contribution in [0.3, 0.4) is 0 Å². The lowest BCUT2D eigenvalue weighted by Gasteiger charge is -2.27. The van der Waals surface area contributed by atoms with Crippen LogP contribution in [0.15, 0.2) is 94.7 Å². The van der Waals surface area contributed by atoms with Crippen LogP contribution in [0, 0.1) is 0 Å². The van der Waals surface area contributed by atoms with E-state index in [0.717, 1.165) is 47.0 Å². The van der Waals surface area contributed by atoms with Crippen molar-refractivity contribution in [2.75, 3.05) is 24.3 Å². The van der Waals surface area contributed by atoms with E-state index >= 15 is 0 Å². The molecule has 0 bridgehead atoms. The third-order valence-electron chi connectivity index (χ3n) is 7.32. The molecule has 1 saturated heterocycles. The first-order valence-corrected chi connectivity index (χ1v) is 13.9. The highest BCUT2D eigenvalue weighted by atomic mass is 35.5. The molecule has 10 heteroatoms. The van der Waals surface area contributed by atoms with Gasteiger partial charge in [-0.15, -0.1) is 11.6 Å². The number of aliphatic imine (C=N–C) groups is 1. The first-order valence-electron chi connectivity index (χ1n) is 13.4. The summed E-state index contributed by atoms with van der Waals surface area (Å²) in [5, 5.41) is 6.78. The van der Waals surface area contributed by atoms with Crippen molar-refractivity contribution in [2.45, 2.75) is 19.3 Å². The lowest BCUT2D eigenvalue weighted by Crippen LogP contribution is -2.42. The number of hydrazone groups is 1. The molecule has 1 radical (unpaired) electrons. The molecule has 0 atom stereocenters. The molecule has 0 spiro atoms. The van der Waals surface area contributed by atoms with Crippen LogP contribution in [-0.2, 0) is 4.79 Å². The first kappa shape index (κ1) is 25.9. The van der Waals surface area contributed by atoms with E-state index in [1.54, 1.807) is 6.21 Å². The monoisotopic (exact) mass is 549 g/mol. The Labute approximate surface area is 239 Å². The van der Waals surface area contributed by atoms with Crippen molar-refractivity contribution in [3.05, 3.63) is 101 Å². The topological polar surface area (TPSA) is 91.0 Å². The van der Waals surface area contributed by atoms with Gasteiger partial charge in [0.05, 0.1) is 19.3 Å². The summed E-state index contributed by atoms with van der Waals surface area (Å²) in [5.74, 6) is 7.33. The number of hydrogen-bond donors (Lipinski definition) is 2. The average molecular weight is 550 g/mol. The van der Waals surface area contributed by atoms with Crippen LogP contribution in [-0.4, -0.2) is 64.1 Å². The molecule has 3 aliphatic rings. The van der Waals surface area contributed by atoms with Gasteiger partial charge in [-0.25, -0.2) is 4.99 Å². The number of alkyl halides is 1. The zero-order chi connectivity index (χ0) is 27.5. The fourth-order valence-corrected chi connectivity index (χ4v) is 5.45. The second-order valence-corrected chi connectivity index (χ2v) is 10.1. The molecule has 1 aromatic heterocycles. The Balaban J connectivity index is 1.41. The number of piperidine rings is 1. The van der Waals surface area contributed by atoms with Crippen LogP contribution < -0.4 is 11.2 Å². The van der Waals surface area contributed by atoms with E-state index in [9.17, 15) is 4.79 Å². The molecule has 8 nitrogen and oxygen atoms in total. The summed E-state index contributed by atoms with van der Waals surface area (Å²) < 4.78 is 4.56. The lowest BCUT2D eigenvalue weighted by molar-refractivity contribution is -0.539. The number of halogens is 1. The average Bonchev–Trinajstić information content (AvgIpc) is 3.62. The highest BCUT2D eigenvalue weighted by molar-refractivity contribution is 6.42. The van der Waals surface area contributed by atoms with Crippen LogP contribution >= 0.6 is 11.6 Å². The van der Waals surface area contributed by atoms with Crippen molar-refractivity contribution in [3.8, 4) is 0 Å². The zero-order valence-corrected chi connectivity index (χ0v) is 22.8. The summed E-state index contributed by atoms with van der Waals surface area (Å²) in [4.78, 5) is 18.8. The molecule has 1 amide bonds. The lowest BCUT2D eigenvalue weighted by atomic mass is 9.91. The van der Waals surface area contributed by atoms with Gasteiger partial charge in [-0.1, -0.05) is 42.5 Å². The highest BCUT2D eigenvalue weighted by Gasteiger charge is 2.40. The van der Waals surface area contributed by atoms with Crippen LogP contribution in [0.5, 0.6) is 0 Å². The number of nitrogens with one attached hydrogen (secondary N) is 1. The van der Waals surface area contributed by atoms with E-state index in [1.807, 2.05) is 60.7 Å². The van der Waals surface area contributed by atoms with Crippen LogP contribution in [0.25, 0.3) is 5.57 Å². The van der Waals surface area contributed by atoms with Gasteiger partial charge < -0.3 is 15.6 Å². The Hall–Kier alpha value is -4.37. The number of amides is 1. The van der Waals surface area contributed by atoms with Gasteiger partial charge in [0, 0.05) is 28.6 Å². The third-order valence-corrected chi connectivity index (χ3v) is 7.57. The van der Waals surface area contributed by atoms with Gasteiger partial charge in [0.1, 0.15) is 23.1 Å². The first-order chi connectivity index (χ1) is 19.7. The summed E-state index contributed by atoms with van der Waals surface area (Å²) in [6, 6.07) is 21.7. The summed E-state index contributed by atoms with van der Waals surface area (Å²) in [7, 11) is 2.11. The molecule has 3 aromatic rings. The molecule has 0 unspecified atom stereocenters. The normalized spacial score (nSPS) is 16.8. The fraction of sp³-hybridized carbons (Fsp3) is 0.200. The third kappa shape index (κ3) is 5.00. The van der Waals surface area contributed by atoms with E-state index in [2.05, 4.69) is 50.1 Å². The van der Waals surface area contributed by atoms with Crippen LogP contribution in [0.2, 0.25) is 0 Å². The number of aromatic nitrogens is 1. The minimum atomic E-state index is -0.235. The van der Waals surface area contributed by atoms with Gasteiger partial charge in [0.25, 0.3) is 5.84 Å². The molecule has 3 aliphatic heterocycles. The molecule has 40 heavy (non-hydrogen) atoms. The predicted octanol–water partition coefficient (Wildman–Crippen LogP) is 4.35. The molecule has 1 fully saturated rings. The second kappa shape index (κ2) is 11.4. The molecule has 3 N–H and O–H groups in total. The number of carbonyl (C=O) groups excluding carboxylic acids is 1. The number of anilines is 1. The fourth-order valence-electron chi connectivity index (χ4n) is 5.39. The molecule has 0 saturated carbocycles. The van der Waals surface area contributed by atoms with E-state index in [1.165, 1.54) is 25.1 Å². The smallest absolute Gasteiger partial charge is 0.329 e. The number of benzene rings is 2. The maximum atomic E-state index is 11.8. The van der Waals surface area contributed by atoms with Crippen molar-refractivity contribution in [2.24, 2.45) is 15.9 Å². The van der Waals surface area contributed by atoms with E-state index in [4.69, 9.17) is 22.4 Å². The molecular formula is C30H29BClN7O+. The van der Waals surface area contributed by atoms with Crippen molar-refractivity contribution in [3.63, 3.8) is 0 Å². The van der Waals surface area contributed by atoms with Gasteiger partial charge in [0.15, 0.2) is 0 Å². The van der Waals surface area contributed by atoms with Crippen LogP contribution in [0.4, 0.5) is 11.5 Å². The Kier molecular flexibility index (Phi) is 7.38. The van der Waals surface area contributed by atoms with Gasteiger partial charge in [-0.2, -0.15) is 5.10 Å². The van der Waals surface area contributed by atoms with Gasteiger partial charge in [-0.3, -0.25) is 14.2 Å². The standard InChI is InChI=1S/C30H28BClN7O/c32-19-28(40)35-23-11-9-22(10-12-23)30-25-13-15-27(34-20-24(36-33)21-7-3-1-4-8-21)38(25)31-39-26(30)14-16-29(39)37-17-5-2-6-18-37/h1,3-4,7-16,20H,2,5-6,17-19H2,(H2,33,34,35,40)/p+1. The number of fused-ring (bicyclic) bond motifs is 2. The maximum Gasteiger partial charge on any atom is 0.553 e. The Morgan fingerprint density at radius 3 is 2.52 bits per heavy atom. The van der Waals surface area contributed by atoms with E-state index in [-0.39, 0.29) is 11.8 Å². The summed E-state index contributed by atoms with van der Waals surface area (Å²) in [5.41, 5.74) is 6.44. The number of allylic oxidation sites excluding steroid dienone is 1. The maximum absolute atomic E-state index is 11.8. The summed E-state index contributed by atoms with van der Waals surface area (Å²) in [6.07, 6.45) is 9.75. The minimum absolute atomic E-state index is 0.0839. The minimum Gasteiger partial charge on any atom is -0.329 e. The van der Waals surface area contributed by atoms with Crippen molar-refractivity contribution in [1.29, 1.82) is 0 Å². The van der Waals surface area contributed by atoms with Gasteiger partial charge in [-0.05, 0) is 55.2 Å². The Bertz CT molecular complexity index is 1580. The largest absolute Gasteiger partial charge is 0.553 e. The zero-order valence-electron chi connectivity index (χ0n) is 22.0. The van der Waals surface area contributed by atoms with Crippen LogP contribution in [0.1, 0.15) is 36.1 Å². The molecule has 199 valence electrons. The molecule has 6 rings (SSSR count). The molecular weight excluding hydrogens is 521 g/mol. The molecule has 2 aromatic carbocycles. The number of amidine groups is 1. The van der Waals surface area contributed by atoms with Crippen molar-refractivity contribution in [1.82, 2.24) is 9.29 Å². The highest BCUT2D eigenvalue weighted by Crippen LogP contribution is 2.38. The number of nitrogens with two attached hydrogens (primary N) is 1. The second-order valence-electron chi connectivity index (χ2n) is 9.83. The number of hydrogen-bond acceptors (Lipinski definition) is 4. The van der Waals surface area contributed by atoms with Gasteiger partial charge >= 0.3 is 7.55 Å². The number of nitrogens with zero attached hydrogens (tertiary/aromatic N) is 5. The van der Waals surface area contributed by atoms with E-state index in [0.29, 0.717) is 11.4 Å². The Morgan fingerprint density at radius 1 is 1.02 bits per heavy atom. The number of rotatable bonds is 6. The molecule has 0 aliphatic carbocycles. The molecule has 4 heterocycles. The number of carbonyl (C=O) groups is 1. The predicted molar refractivity (Wildman–Crippen MR) is 163 cm³/mol. The van der Waals surface area contributed by atoms with Crippen molar-refractivity contribution >= 4 is 59.9 Å². The quantitative estimate of drug-likeness (QED) is 0.120. The summed E-state index contributed by atoms with van der Waals surface area (Å²) >= 11 is 5.67. The van der Waals surface area contributed by atoms with E-state index < -0.39 is 0 Å². The van der Waals surface area contributed by atoms with Crippen molar-refractivity contribution < 1.29 is 9.37 Å². The SMILES string of the molecule is NN=C(C=Nc1ccc2n1[B]N1C(=C2c2ccc(NC(=O)CCl)cc2)C=CC1=[N+]1CCCCC1)c1ccccc1. The summed E-state index contributed by atoms with van der Waals surface area (Å²) in [6.45, 7) is 2.08. The van der Waals surface area contributed by atoms with Gasteiger partial charge in [0.2, 0.25) is 5.91 Å².